The fourth-order valence-corrected chi connectivity index (χ4v) is 3.27. The van der Waals surface area contributed by atoms with Gasteiger partial charge in [-0.05, 0) is 50.6 Å². The number of likely N-dealkylation sites (N-methyl/N-ethyl adjacent to an activating group) is 1. The van der Waals surface area contributed by atoms with Crippen molar-refractivity contribution in [3.8, 4) is 5.69 Å². The Balaban J connectivity index is 1.61. The van der Waals surface area contributed by atoms with E-state index in [1.54, 1.807) is 6.33 Å². The molecule has 2 aromatic carbocycles. The molecule has 2 N–H and O–H groups in total. The monoisotopic (exact) mass is 405 g/mol. The summed E-state index contributed by atoms with van der Waals surface area (Å²) in [4.78, 5) is 7.06. The second-order valence-corrected chi connectivity index (χ2v) is 6.99. The molecular formula is C23H31N7. The minimum atomic E-state index is 0.444. The Kier molecular flexibility index (Phi) is 7.83. The highest BCUT2D eigenvalue weighted by atomic mass is 15.3. The second-order valence-electron chi connectivity index (χ2n) is 6.99. The summed E-state index contributed by atoms with van der Waals surface area (Å²) >= 11 is 0. The number of aryl methyl sites for hydroxylation is 1. The lowest BCUT2D eigenvalue weighted by atomic mass is 10.2. The largest absolute Gasteiger partial charge is 0.370 e. The Labute approximate surface area is 178 Å². The van der Waals surface area contributed by atoms with E-state index >= 15 is 0 Å². The van der Waals surface area contributed by atoms with Gasteiger partial charge in [0.15, 0.2) is 11.8 Å². The molecule has 0 bridgehead atoms. The molecule has 0 spiro atoms. The predicted octanol–water partition coefficient (Wildman–Crippen LogP) is 3.16. The van der Waals surface area contributed by atoms with Gasteiger partial charge in [-0.15, -0.1) is 10.2 Å². The van der Waals surface area contributed by atoms with Crippen LogP contribution in [0.1, 0.15) is 25.2 Å². The van der Waals surface area contributed by atoms with Crippen molar-refractivity contribution in [1.29, 1.82) is 0 Å². The number of aromatic nitrogens is 3. The number of hydrogen-bond donors (Lipinski definition) is 2. The summed E-state index contributed by atoms with van der Waals surface area (Å²) in [6, 6.07) is 18.7. The van der Waals surface area contributed by atoms with Crippen LogP contribution in [0.3, 0.4) is 0 Å². The summed E-state index contributed by atoms with van der Waals surface area (Å²) in [6.07, 6.45) is 1.72. The zero-order valence-corrected chi connectivity index (χ0v) is 18.0. The number of aliphatic imine (C=N–C) groups is 1. The molecule has 3 aromatic rings. The molecule has 0 aliphatic rings. The van der Waals surface area contributed by atoms with Gasteiger partial charge in [0.05, 0.1) is 0 Å². The van der Waals surface area contributed by atoms with Crippen molar-refractivity contribution >= 4 is 11.6 Å². The van der Waals surface area contributed by atoms with Gasteiger partial charge < -0.3 is 15.5 Å². The van der Waals surface area contributed by atoms with Crippen LogP contribution >= 0.6 is 0 Å². The molecule has 7 nitrogen and oxygen atoms in total. The first-order valence-electron chi connectivity index (χ1n) is 10.5. The molecule has 7 heteroatoms. The van der Waals surface area contributed by atoms with Crippen LogP contribution in [-0.2, 0) is 6.54 Å². The van der Waals surface area contributed by atoms with Gasteiger partial charge in [0.25, 0.3) is 0 Å². The van der Waals surface area contributed by atoms with Gasteiger partial charge in [-0.3, -0.25) is 4.57 Å². The molecule has 1 aromatic heterocycles. The summed E-state index contributed by atoms with van der Waals surface area (Å²) in [6.45, 7) is 10.3. The number of rotatable bonds is 9. The Hall–Kier alpha value is -3.35. The zero-order valence-electron chi connectivity index (χ0n) is 18.0. The molecule has 30 heavy (non-hydrogen) atoms. The first kappa shape index (κ1) is 21.4. The van der Waals surface area contributed by atoms with Gasteiger partial charge in [0.1, 0.15) is 12.9 Å². The summed E-state index contributed by atoms with van der Waals surface area (Å²) in [7, 11) is 0. The van der Waals surface area contributed by atoms with Crippen molar-refractivity contribution in [1.82, 2.24) is 25.4 Å². The van der Waals surface area contributed by atoms with Gasteiger partial charge in [-0.1, -0.05) is 30.3 Å². The van der Waals surface area contributed by atoms with Crippen molar-refractivity contribution in [2.45, 2.75) is 27.3 Å². The molecule has 0 saturated carbocycles. The van der Waals surface area contributed by atoms with Crippen molar-refractivity contribution < 1.29 is 0 Å². The molecule has 0 aliphatic heterocycles. The topological polar surface area (TPSA) is 70.4 Å². The van der Waals surface area contributed by atoms with E-state index in [4.69, 9.17) is 4.99 Å². The summed E-state index contributed by atoms with van der Waals surface area (Å²) in [5.41, 5.74) is 3.55. The molecular weight excluding hydrogens is 374 g/mol. The van der Waals surface area contributed by atoms with Gasteiger partial charge in [0.2, 0.25) is 0 Å². The van der Waals surface area contributed by atoms with Crippen LogP contribution in [0.5, 0.6) is 0 Å². The maximum absolute atomic E-state index is 4.70. The van der Waals surface area contributed by atoms with E-state index in [9.17, 15) is 0 Å². The fourth-order valence-electron chi connectivity index (χ4n) is 3.27. The Bertz CT molecular complexity index is 933. The predicted molar refractivity (Wildman–Crippen MR) is 123 cm³/mol. The van der Waals surface area contributed by atoms with E-state index in [0.717, 1.165) is 43.7 Å². The standard InChI is InChI=1S/C23H31N7/c1-4-24-23(25-14-15-29(5-2)21-13-9-10-19(3)16-21)26-17-22-28-27-18-30(22)20-11-7-6-8-12-20/h6-13,16,18H,4-5,14-15,17H2,1-3H3,(H2,24,25,26). The lowest BCUT2D eigenvalue weighted by molar-refractivity contribution is 0.746. The molecule has 0 unspecified atom stereocenters. The smallest absolute Gasteiger partial charge is 0.191 e. The summed E-state index contributed by atoms with van der Waals surface area (Å²) in [5, 5.41) is 15.0. The third-order valence-corrected chi connectivity index (χ3v) is 4.80. The summed E-state index contributed by atoms with van der Waals surface area (Å²) < 4.78 is 1.96. The van der Waals surface area contributed by atoms with Crippen LogP contribution in [0.2, 0.25) is 0 Å². The maximum atomic E-state index is 4.70. The molecule has 0 aliphatic carbocycles. The lowest BCUT2D eigenvalue weighted by Crippen LogP contribution is -2.41. The summed E-state index contributed by atoms with van der Waals surface area (Å²) in [5.74, 6) is 1.58. The van der Waals surface area contributed by atoms with Crippen LogP contribution in [-0.4, -0.2) is 46.9 Å². The highest BCUT2D eigenvalue weighted by Gasteiger charge is 2.08. The van der Waals surface area contributed by atoms with Crippen LogP contribution in [0.25, 0.3) is 5.69 Å². The molecule has 0 atom stereocenters. The number of hydrogen-bond acceptors (Lipinski definition) is 4. The third-order valence-electron chi connectivity index (χ3n) is 4.80. The van der Waals surface area contributed by atoms with Crippen molar-refractivity contribution in [3.05, 3.63) is 72.3 Å². The van der Waals surface area contributed by atoms with Crippen LogP contribution in [0, 0.1) is 6.92 Å². The van der Waals surface area contributed by atoms with Gasteiger partial charge in [-0.2, -0.15) is 0 Å². The zero-order chi connectivity index (χ0) is 21.2. The Morgan fingerprint density at radius 3 is 2.63 bits per heavy atom. The number of guanidine groups is 1. The number of nitrogens with zero attached hydrogens (tertiary/aromatic N) is 5. The third kappa shape index (κ3) is 5.83. The Morgan fingerprint density at radius 2 is 1.90 bits per heavy atom. The van der Waals surface area contributed by atoms with E-state index in [1.165, 1.54) is 11.3 Å². The molecule has 3 rings (SSSR count). The van der Waals surface area contributed by atoms with Gasteiger partial charge >= 0.3 is 0 Å². The van der Waals surface area contributed by atoms with Crippen LogP contribution in [0.15, 0.2) is 65.9 Å². The average Bonchev–Trinajstić information content (AvgIpc) is 3.24. The van der Waals surface area contributed by atoms with Crippen molar-refractivity contribution in [2.24, 2.45) is 4.99 Å². The molecule has 0 radical (unpaired) electrons. The lowest BCUT2D eigenvalue weighted by Gasteiger charge is -2.24. The molecule has 0 saturated heterocycles. The number of nitrogens with one attached hydrogen (secondary N) is 2. The number of anilines is 1. The van der Waals surface area contributed by atoms with E-state index < -0.39 is 0 Å². The first-order chi connectivity index (χ1) is 14.7. The average molecular weight is 406 g/mol. The minimum Gasteiger partial charge on any atom is -0.370 e. The van der Waals surface area contributed by atoms with Crippen molar-refractivity contribution in [2.75, 3.05) is 31.1 Å². The molecule has 0 fully saturated rings. The number of para-hydroxylation sites is 1. The van der Waals surface area contributed by atoms with E-state index in [2.05, 4.69) is 70.8 Å². The quantitative estimate of drug-likeness (QED) is 0.423. The maximum Gasteiger partial charge on any atom is 0.191 e. The van der Waals surface area contributed by atoms with Crippen LogP contribution in [0.4, 0.5) is 5.69 Å². The normalized spacial score (nSPS) is 11.4. The van der Waals surface area contributed by atoms with Crippen molar-refractivity contribution in [3.63, 3.8) is 0 Å². The number of benzene rings is 2. The van der Waals surface area contributed by atoms with E-state index in [-0.39, 0.29) is 0 Å². The molecule has 1 heterocycles. The second kappa shape index (κ2) is 11.0. The van der Waals surface area contributed by atoms with E-state index in [1.807, 2.05) is 34.9 Å². The van der Waals surface area contributed by atoms with Gasteiger partial charge in [-0.25, -0.2) is 4.99 Å². The fraction of sp³-hybridized carbons (Fsp3) is 0.348. The highest BCUT2D eigenvalue weighted by molar-refractivity contribution is 5.79. The SMILES string of the molecule is CCNC(=NCc1nncn1-c1ccccc1)NCCN(CC)c1cccc(C)c1. The van der Waals surface area contributed by atoms with E-state index in [0.29, 0.717) is 6.54 Å². The molecule has 0 amide bonds. The minimum absolute atomic E-state index is 0.444. The first-order valence-corrected chi connectivity index (χ1v) is 10.5. The highest BCUT2D eigenvalue weighted by Crippen LogP contribution is 2.15. The van der Waals surface area contributed by atoms with Gasteiger partial charge in [0, 0.05) is 37.6 Å². The Morgan fingerprint density at radius 1 is 1.07 bits per heavy atom. The van der Waals surface area contributed by atoms with Crippen LogP contribution < -0.4 is 15.5 Å². The molecule has 158 valence electrons.